The van der Waals surface area contributed by atoms with Crippen LogP contribution in [0.4, 0.5) is 0 Å². The van der Waals surface area contributed by atoms with Gasteiger partial charge in [-0.25, -0.2) is 0 Å². The highest BCUT2D eigenvalue weighted by Crippen LogP contribution is 2.23. The van der Waals surface area contributed by atoms with Crippen molar-refractivity contribution in [1.29, 1.82) is 0 Å². The van der Waals surface area contributed by atoms with Gasteiger partial charge in [0.15, 0.2) is 6.29 Å². The first-order chi connectivity index (χ1) is 12.8. The zero-order valence-corrected chi connectivity index (χ0v) is 17.0. The van der Waals surface area contributed by atoms with Crippen molar-refractivity contribution in [3.8, 4) is 0 Å². The van der Waals surface area contributed by atoms with Crippen molar-refractivity contribution >= 4 is 5.91 Å². The van der Waals surface area contributed by atoms with Crippen molar-refractivity contribution in [1.82, 2.24) is 5.32 Å². The highest BCUT2D eigenvalue weighted by atomic mass is 16.6. The second-order valence-electron chi connectivity index (χ2n) is 8.32. The fourth-order valence-corrected chi connectivity index (χ4v) is 2.80. The van der Waals surface area contributed by atoms with Crippen molar-refractivity contribution in [3.63, 3.8) is 0 Å². The fraction of sp³-hybridized carbons (Fsp3) is 0.944. The van der Waals surface area contributed by atoms with E-state index >= 15 is 0 Å². The lowest BCUT2D eigenvalue weighted by Gasteiger charge is -2.33. The average Bonchev–Trinajstić information content (AvgIpc) is 2.56. The van der Waals surface area contributed by atoms with Gasteiger partial charge in [-0.05, 0) is 11.8 Å². The van der Waals surface area contributed by atoms with Crippen LogP contribution in [0.15, 0.2) is 0 Å². The predicted molar refractivity (Wildman–Crippen MR) is 100.0 cm³/mol. The number of hydrogen-bond acceptors (Lipinski definition) is 9. The normalized spacial score (nSPS) is 28.5. The van der Waals surface area contributed by atoms with Gasteiger partial charge in [0.25, 0.3) is 0 Å². The molecule has 0 aliphatic carbocycles. The average molecular weight is 411 g/mol. The zero-order valence-electron chi connectivity index (χ0n) is 17.0. The topological polar surface area (TPSA) is 180 Å². The number of amides is 1. The lowest BCUT2D eigenvalue weighted by molar-refractivity contribution is -0.239. The fourth-order valence-electron chi connectivity index (χ4n) is 2.80. The Morgan fingerprint density at radius 3 is 2.18 bits per heavy atom. The molecule has 1 rings (SSSR count). The molecular formula is C18H37NO9. The Labute approximate surface area is 165 Å². The van der Waals surface area contributed by atoms with Gasteiger partial charge in [0.05, 0.1) is 37.6 Å². The van der Waals surface area contributed by atoms with Gasteiger partial charge in [0.2, 0.25) is 5.91 Å². The Morgan fingerprint density at radius 2 is 1.75 bits per heavy atom. The summed E-state index contributed by atoms with van der Waals surface area (Å²) in [6, 6.07) is -0.409. The number of nitrogens with one attached hydrogen (secondary N) is 1. The molecule has 0 aromatic heterocycles. The molecule has 10 heteroatoms. The van der Waals surface area contributed by atoms with Crippen LogP contribution in [0.2, 0.25) is 0 Å². The SMILES string of the molecule is CC(=O)NC(CC(C)(C)C)C(O)CC(O)CO.OCC1OC(O)CC(O)C1O. The van der Waals surface area contributed by atoms with Crippen LogP contribution in [0.5, 0.6) is 0 Å². The van der Waals surface area contributed by atoms with Gasteiger partial charge in [-0.3, -0.25) is 4.79 Å². The molecule has 1 aliphatic rings. The lowest BCUT2D eigenvalue weighted by Crippen LogP contribution is -2.49. The van der Waals surface area contributed by atoms with Crippen LogP contribution >= 0.6 is 0 Å². The van der Waals surface area contributed by atoms with Crippen LogP contribution < -0.4 is 5.32 Å². The summed E-state index contributed by atoms with van der Waals surface area (Å²) >= 11 is 0. The monoisotopic (exact) mass is 411 g/mol. The highest BCUT2D eigenvalue weighted by Gasteiger charge is 2.35. The summed E-state index contributed by atoms with van der Waals surface area (Å²) in [5.41, 5.74) is -0.0434. The van der Waals surface area contributed by atoms with E-state index in [9.17, 15) is 15.0 Å². The summed E-state index contributed by atoms with van der Waals surface area (Å²) in [6.45, 7) is 6.63. The van der Waals surface area contributed by atoms with Crippen molar-refractivity contribution in [2.24, 2.45) is 5.41 Å². The zero-order chi connectivity index (χ0) is 22.1. The third kappa shape index (κ3) is 11.2. The van der Waals surface area contributed by atoms with Crippen molar-refractivity contribution < 1.29 is 45.3 Å². The molecule has 0 spiro atoms. The molecule has 168 valence electrons. The molecule has 1 aliphatic heterocycles. The first kappa shape index (κ1) is 27.1. The number of aliphatic hydroxyl groups excluding tert-OH is 7. The van der Waals surface area contributed by atoms with Crippen LogP contribution in [0.25, 0.3) is 0 Å². The number of carbonyl (C=O) groups excluding carboxylic acids is 1. The van der Waals surface area contributed by atoms with E-state index in [1.54, 1.807) is 0 Å². The molecule has 1 fully saturated rings. The maximum atomic E-state index is 11.1. The van der Waals surface area contributed by atoms with E-state index in [1.807, 2.05) is 20.8 Å². The minimum Gasteiger partial charge on any atom is -0.394 e. The number of hydrogen-bond donors (Lipinski definition) is 8. The smallest absolute Gasteiger partial charge is 0.217 e. The Kier molecular flexibility index (Phi) is 12.3. The van der Waals surface area contributed by atoms with E-state index in [2.05, 4.69) is 5.32 Å². The summed E-state index contributed by atoms with van der Waals surface area (Å²) in [4.78, 5) is 11.1. The molecule has 7 atom stereocenters. The molecule has 1 heterocycles. The van der Waals surface area contributed by atoms with Gasteiger partial charge < -0.3 is 45.8 Å². The van der Waals surface area contributed by atoms with E-state index in [0.717, 1.165) is 0 Å². The Morgan fingerprint density at radius 1 is 1.18 bits per heavy atom. The number of aliphatic hydroxyl groups is 7. The van der Waals surface area contributed by atoms with Crippen LogP contribution in [0.3, 0.4) is 0 Å². The minimum absolute atomic E-state index is 0.0162. The van der Waals surface area contributed by atoms with Crippen LogP contribution in [-0.4, -0.2) is 97.7 Å². The van der Waals surface area contributed by atoms with Crippen molar-refractivity contribution in [3.05, 3.63) is 0 Å². The summed E-state index contributed by atoms with van der Waals surface area (Å²) in [5.74, 6) is -0.211. The van der Waals surface area contributed by atoms with E-state index in [1.165, 1.54) is 6.92 Å². The third-order valence-corrected chi connectivity index (χ3v) is 4.14. The van der Waals surface area contributed by atoms with E-state index in [0.29, 0.717) is 6.42 Å². The molecule has 1 amide bonds. The van der Waals surface area contributed by atoms with Crippen LogP contribution in [0, 0.1) is 5.41 Å². The van der Waals surface area contributed by atoms with Gasteiger partial charge in [0.1, 0.15) is 12.2 Å². The predicted octanol–water partition coefficient (Wildman–Crippen LogP) is -2.16. The van der Waals surface area contributed by atoms with Gasteiger partial charge in [-0.1, -0.05) is 20.8 Å². The number of carbonyl (C=O) groups is 1. The highest BCUT2D eigenvalue weighted by molar-refractivity contribution is 5.73. The standard InChI is InChI=1S/C12H25NO4.C6H12O5/c1-8(15)13-10(6-12(2,3)4)11(17)5-9(16)7-14;7-2-4-6(10)3(8)1-5(9)11-4/h9-11,14,16-17H,5-7H2,1-4H3,(H,13,15);3-10H,1-2H2. The summed E-state index contributed by atoms with van der Waals surface area (Å²) in [7, 11) is 0. The maximum absolute atomic E-state index is 11.1. The van der Waals surface area contributed by atoms with Gasteiger partial charge in [-0.15, -0.1) is 0 Å². The van der Waals surface area contributed by atoms with E-state index in [-0.39, 0.29) is 30.8 Å². The van der Waals surface area contributed by atoms with Crippen molar-refractivity contribution in [2.75, 3.05) is 13.2 Å². The molecule has 0 bridgehead atoms. The van der Waals surface area contributed by atoms with Gasteiger partial charge in [0, 0.05) is 19.8 Å². The second kappa shape index (κ2) is 12.7. The Balaban J connectivity index is 0.000000567. The molecule has 0 aromatic rings. The molecule has 0 saturated carbocycles. The molecule has 0 radical (unpaired) electrons. The summed E-state index contributed by atoms with van der Waals surface area (Å²) < 4.78 is 4.71. The van der Waals surface area contributed by atoms with E-state index in [4.69, 9.17) is 30.3 Å². The molecule has 10 nitrogen and oxygen atoms in total. The second-order valence-corrected chi connectivity index (χ2v) is 8.32. The lowest BCUT2D eigenvalue weighted by atomic mass is 9.85. The van der Waals surface area contributed by atoms with Crippen molar-refractivity contribution in [2.45, 2.75) is 89.8 Å². The molecule has 0 aromatic carbocycles. The molecular weight excluding hydrogens is 374 g/mol. The Hall–Kier alpha value is -0.850. The number of rotatable bonds is 7. The number of ether oxygens (including phenoxy) is 1. The minimum atomic E-state index is -1.11. The van der Waals surface area contributed by atoms with Gasteiger partial charge in [-0.2, -0.15) is 0 Å². The first-order valence-corrected chi connectivity index (χ1v) is 9.35. The summed E-state index contributed by atoms with van der Waals surface area (Å²) in [6.07, 6.45) is -5.28. The van der Waals surface area contributed by atoms with E-state index < -0.39 is 49.5 Å². The summed E-state index contributed by atoms with van der Waals surface area (Å²) in [5, 5.41) is 66.3. The largest absolute Gasteiger partial charge is 0.394 e. The van der Waals surface area contributed by atoms with Crippen LogP contribution in [0.1, 0.15) is 47.0 Å². The molecule has 7 unspecified atom stereocenters. The molecule has 1 saturated heterocycles. The first-order valence-electron chi connectivity index (χ1n) is 9.35. The Bertz CT molecular complexity index is 443. The quantitative estimate of drug-likeness (QED) is 0.231. The molecule has 28 heavy (non-hydrogen) atoms. The van der Waals surface area contributed by atoms with Gasteiger partial charge >= 0.3 is 0 Å². The van der Waals surface area contributed by atoms with Crippen LogP contribution in [-0.2, 0) is 9.53 Å². The third-order valence-electron chi connectivity index (χ3n) is 4.14. The molecule has 8 N–H and O–H groups in total. The maximum Gasteiger partial charge on any atom is 0.217 e.